The third kappa shape index (κ3) is 3.64. The van der Waals surface area contributed by atoms with Gasteiger partial charge < -0.3 is 0 Å². The zero-order valence-electron chi connectivity index (χ0n) is 18.4. The van der Waals surface area contributed by atoms with Gasteiger partial charge in [0.2, 0.25) is 0 Å². The lowest BCUT2D eigenvalue weighted by molar-refractivity contribution is 0.427. The summed E-state index contributed by atoms with van der Waals surface area (Å²) in [5.41, 5.74) is 0.939. The molecular formula is C25H26N4O2S. The van der Waals surface area contributed by atoms with Gasteiger partial charge in [0.25, 0.3) is 5.56 Å². The van der Waals surface area contributed by atoms with Crippen LogP contribution in [0.1, 0.15) is 49.4 Å². The molecule has 6 nitrogen and oxygen atoms in total. The SMILES string of the molecule is Cn1c(=O)c2c(SCc3cccc4ccccc34)nc(C3CCCCC3)nc2n(C)c1=O. The van der Waals surface area contributed by atoms with E-state index in [1.807, 2.05) is 12.1 Å². The number of thioether (sulfide) groups is 1. The van der Waals surface area contributed by atoms with E-state index in [0.717, 1.165) is 23.2 Å². The van der Waals surface area contributed by atoms with Gasteiger partial charge in [-0.3, -0.25) is 13.9 Å². The van der Waals surface area contributed by atoms with Crippen LogP contribution in [0.25, 0.3) is 21.8 Å². The fourth-order valence-corrected chi connectivity index (χ4v) is 5.68. The number of rotatable bonds is 4. The summed E-state index contributed by atoms with van der Waals surface area (Å²) < 4.78 is 2.63. The Hall–Kier alpha value is -2.93. The van der Waals surface area contributed by atoms with E-state index in [1.165, 1.54) is 47.2 Å². The Morgan fingerprint density at radius 3 is 2.50 bits per heavy atom. The minimum atomic E-state index is -0.360. The Balaban J connectivity index is 1.64. The summed E-state index contributed by atoms with van der Waals surface area (Å²) in [7, 11) is 3.19. The molecule has 7 heteroatoms. The zero-order valence-corrected chi connectivity index (χ0v) is 19.2. The topological polar surface area (TPSA) is 69.8 Å². The third-order valence-corrected chi connectivity index (χ3v) is 7.52. The second-order valence-corrected chi connectivity index (χ2v) is 9.52. The Labute approximate surface area is 190 Å². The van der Waals surface area contributed by atoms with E-state index in [0.29, 0.717) is 21.8 Å². The van der Waals surface area contributed by atoms with Crippen molar-refractivity contribution in [1.29, 1.82) is 0 Å². The predicted octanol–water partition coefficient (Wildman–Crippen LogP) is 4.52. The van der Waals surface area contributed by atoms with Crippen LogP contribution in [-0.2, 0) is 19.8 Å². The standard InChI is InChI=1S/C25H26N4O2S/c1-28-22-20(24(30)29(2)25(28)31)23(27-21(26-22)17-10-4-3-5-11-17)32-15-18-13-8-12-16-9-6-7-14-19(16)18/h6-9,12-14,17H,3-5,10-11,15H2,1-2H3. The van der Waals surface area contributed by atoms with E-state index in [2.05, 4.69) is 30.3 Å². The molecule has 32 heavy (non-hydrogen) atoms. The molecule has 1 aliphatic rings. The third-order valence-electron chi connectivity index (χ3n) is 6.50. The summed E-state index contributed by atoms with van der Waals surface area (Å²) in [5, 5.41) is 3.49. The first-order valence-corrected chi connectivity index (χ1v) is 12.1. The van der Waals surface area contributed by atoms with Crippen LogP contribution in [0.3, 0.4) is 0 Å². The van der Waals surface area contributed by atoms with Crippen LogP contribution in [0, 0.1) is 0 Å². The van der Waals surface area contributed by atoms with Gasteiger partial charge in [0, 0.05) is 25.8 Å². The van der Waals surface area contributed by atoms with Crippen molar-refractivity contribution in [1.82, 2.24) is 19.1 Å². The summed E-state index contributed by atoms with van der Waals surface area (Å²) in [6.07, 6.45) is 5.68. The first kappa shape index (κ1) is 20.9. The fourth-order valence-electron chi connectivity index (χ4n) is 4.66. The van der Waals surface area contributed by atoms with Gasteiger partial charge in [-0.05, 0) is 29.2 Å². The Kier molecular flexibility index (Phi) is 5.59. The van der Waals surface area contributed by atoms with Crippen LogP contribution in [0.4, 0.5) is 0 Å². The summed E-state index contributed by atoms with van der Waals surface area (Å²) in [6, 6.07) is 14.6. The average Bonchev–Trinajstić information content (AvgIpc) is 2.84. The van der Waals surface area contributed by atoms with E-state index < -0.39 is 0 Å². The number of hydrogen-bond acceptors (Lipinski definition) is 5. The number of fused-ring (bicyclic) bond motifs is 2. The molecule has 0 spiro atoms. The number of aryl methyl sites for hydroxylation is 1. The average molecular weight is 447 g/mol. The van der Waals surface area contributed by atoms with Crippen molar-refractivity contribution in [2.75, 3.05) is 0 Å². The number of hydrogen-bond donors (Lipinski definition) is 0. The molecule has 1 aliphatic carbocycles. The molecule has 1 fully saturated rings. The molecule has 0 amide bonds. The van der Waals surface area contributed by atoms with Gasteiger partial charge in [0.1, 0.15) is 16.2 Å². The van der Waals surface area contributed by atoms with E-state index >= 15 is 0 Å². The molecule has 5 rings (SSSR count). The molecule has 0 unspecified atom stereocenters. The lowest BCUT2D eigenvalue weighted by Gasteiger charge is -2.21. The maximum absolute atomic E-state index is 13.1. The van der Waals surface area contributed by atoms with Gasteiger partial charge in [-0.1, -0.05) is 61.7 Å². The van der Waals surface area contributed by atoms with Crippen molar-refractivity contribution in [3.8, 4) is 0 Å². The number of benzene rings is 2. The molecule has 0 radical (unpaired) electrons. The Bertz CT molecular complexity index is 1430. The van der Waals surface area contributed by atoms with Gasteiger partial charge in [-0.15, -0.1) is 11.8 Å². The maximum Gasteiger partial charge on any atom is 0.332 e. The predicted molar refractivity (Wildman–Crippen MR) is 129 cm³/mol. The van der Waals surface area contributed by atoms with Gasteiger partial charge in [0.15, 0.2) is 5.65 Å². The number of nitrogens with zero attached hydrogens (tertiary/aromatic N) is 4. The maximum atomic E-state index is 13.1. The van der Waals surface area contributed by atoms with Crippen LogP contribution >= 0.6 is 11.8 Å². The lowest BCUT2D eigenvalue weighted by Crippen LogP contribution is -2.38. The van der Waals surface area contributed by atoms with E-state index in [4.69, 9.17) is 9.97 Å². The van der Waals surface area contributed by atoms with Crippen LogP contribution in [-0.4, -0.2) is 19.1 Å². The molecule has 2 aromatic carbocycles. The van der Waals surface area contributed by atoms with Crippen molar-refractivity contribution in [2.24, 2.45) is 14.1 Å². The second-order valence-electron chi connectivity index (χ2n) is 8.55. The van der Waals surface area contributed by atoms with Gasteiger partial charge >= 0.3 is 5.69 Å². The van der Waals surface area contributed by atoms with Gasteiger partial charge in [-0.25, -0.2) is 14.8 Å². The summed E-state index contributed by atoms with van der Waals surface area (Å²) in [4.78, 5) is 35.3. The molecule has 2 heterocycles. The largest absolute Gasteiger partial charge is 0.332 e. The summed E-state index contributed by atoms with van der Waals surface area (Å²) >= 11 is 1.55. The Morgan fingerprint density at radius 1 is 0.938 bits per heavy atom. The van der Waals surface area contributed by atoms with Crippen molar-refractivity contribution in [3.05, 3.63) is 74.7 Å². The molecule has 0 atom stereocenters. The molecule has 2 aromatic heterocycles. The first-order chi connectivity index (χ1) is 15.5. The molecule has 0 aliphatic heterocycles. The van der Waals surface area contributed by atoms with E-state index in [1.54, 1.807) is 18.8 Å². The summed E-state index contributed by atoms with van der Waals surface area (Å²) in [5.74, 6) is 1.73. The Morgan fingerprint density at radius 2 is 1.69 bits per heavy atom. The molecule has 164 valence electrons. The molecule has 0 N–H and O–H groups in total. The molecule has 1 saturated carbocycles. The van der Waals surface area contributed by atoms with Crippen molar-refractivity contribution < 1.29 is 0 Å². The van der Waals surface area contributed by atoms with Gasteiger partial charge in [0.05, 0.1) is 0 Å². The highest BCUT2D eigenvalue weighted by Gasteiger charge is 2.23. The van der Waals surface area contributed by atoms with Crippen LogP contribution < -0.4 is 11.2 Å². The van der Waals surface area contributed by atoms with Crippen molar-refractivity contribution in [2.45, 2.75) is 48.8 Å². The molecule has 0 saturated heterocycles. The monoisotopic (exact) mass is 446 g/mol. The highest BCUT2D eigenvalue weighted by atomic mass is 32.2. The highest BCUT2D eigenvalue weighted by molar-refractivity contribution is 7.98. The minimum Gasteiger partial charge on any atom is -0.280 e. The zero-order chi connectivity index (χ0) is 22.2. The molecular weight excluding hydrogens is 420 g/mol. The minimum absolute atomic E-state index is 0.282. The highest BCUT2D eigenvalue weighted by Crippen LogP contribution is 2.34. The van der Waals surface area contributed by atoms with Gasteiger partial charge in [-0.2, -0.15) is 0 Å². The second kappa shape index (κ2) is 8.54. The van der Waals surface area contributed by atoms with E-state index in [-0.39, 0.29) is 17.2 Å². The smallest absolute Gasteiger partial charge is 0.280 e. The number of aromatic nitrogens is 4. The normalized spacial score (nSPS) is 14.9. The summed E-state index contributed by atoms with van der Waals surface area (Å²) in [6.45, 7) is 0. The first-order valence-electron chi connectivity index (χ1n) is 11.1. The molecule has 0 bridgehead atoms. The van der Waals surface area contributed by atoms with Crippen LogP contribution in [0.2, 0.25) is 0 Å². The quantitative estimate of drug-likeness (QED) is 0.341. The van der Waals surface area contributed by atoms with Crippen LogP contribution in [0.15, 0.2) is 57.1 Å². The van der Waals surface area contributed by atoms with Crippen molar-refractivity contribution in [3.63, 3.8) is 0 Å². The van der Waals surface area contributed by atoms with Crippen LogP contribution in [0.5, 0.6) is 0 Å². The molecule has 4 aromatic rings. The van der Waals surface area contributed by atoms with Crippen molar-refractivity contribution >= 4 is 33.6 Å². The fraction of sp³-hybridized carbons (Fsp3) is 0.360. The lowest BCUT2D eigenvalue weighted by atomic mass is 9.89. The van der Waals surface area contributed by atoms with E-state index in [9.17, 15) is 9.59 Å².